The number of aryl methyl sites for hydroxylation is 1. The number of hydrogen-bond donors (Lipinski definition) is 2. The maximum atomic E-state index is 12.8. The Kier molecular flexibility index (Phi) is 8.15. The van der Waals surface area contributed by atoms with Crippen LogP contribution in [0.25, 0.3) is 5.69 Å². The summed E-state index contributed by atoms with van der Waals surface area (Å²) in [7, 11) is 1.64. The quantitative estimate of drug-likeness (QED) is 0.250. The van der Waals surface area contributed by atoms with Crippen molar-refractivity contribution in [1.29, 1.82) is 0 Å². The lowest BCUT2D eigenvalue weighted by Crippen LogP contribution is -2.32. The normalized spacial score (nSPS) is 11.8. The summed E-state index contributed by atoms with van der Waals surface area (Å²) >= 11 is 0. The molecule has 0 radical (unpaired) electrons. The van der Waals surface area contributed by atoms with Crippen LogP contribution in [-0.4, -0.2) is 29.7 Å². The van der Waals surface area contributed by atoms with Crippen LogP contribution in [0.4, 0.5) is 0 Å². The number of amides is 2. The molecule has 0 saturated heterocycles. The molecule has 4 aromatic rings. The third-order valence-electron chi connectivity index (χ3n) is 6.13. The largest absolute Gasteiger partial charge is 0.497 e. The number of rotatable bonds is 9. The van der Waals surface area contributed by atoms with Crippen LogP contribution < -0.4 is 15.5 Å². The zero-order chi connectivity index (χ0) is 26.2. The number of hydrazone groups is 1. The van der Waals surface area contributed by atoms with Crippen LogP contribution in [0.2, 0.25) is 0 Å². The number of carbonyl (C=O) groups is 2. The summed E-state index contributed by atoms with van der Waals surface area (Å²) in [4.78, 5) is 25.5. The van der Waals surface area contributed by atoms with E-state index in [0.717, 1.165) is 34.0 Å². The fraction of sp³-hybridized carbons (Fsp3) is 0.167. The van der Waals surface area contributed by atoms with Crippen LogP contribution in [0.15, 0.2) is 96.1 Å². The van der Waals surface area contributed by atoms with Gasteiger partial charge in [-0.2, -0.15) is 5.10 Å². The van der Waals surface area contributed by atoms with Gasteiger partial charge in [0.25, 0.3) is 5.91 Å². The minimum Gasteiger partial charge on any atom is -0.497 e. The first-order chi connectivity index (χ1) is 18.0. The van der Waals surface area contributed by atoms with Crippen molar-refractivity contribution in [2.75, 3.05) is 7.11 Å². The van der Waals surface area contributed by atoms with E-state index in [4.69, 9.17) is 4.74 Å². The molecule has 0 aliphatic heterocycles. The molecule has 2 amide bonds. The molecule has 4 rings (SSSR count). The third-order valence-corrected chi connectivity index (χ3v) is 6.13. The highest BCUT2D eigenvalue weighted by molar-refractivity contribution is 5.94. The van der Waals surface area contributed by atoms with Gasteiger partial charge in [0.05, 0.1) is 25.8 Å². The second kappa shape index (κ2) is 11.9. The molecule has 0 aliphatic carbocycles. The van der Waals surface area contributed by atoms with E-state index in [2.05, 4.69) is 20.4 Å². The Bertz CT molecular complexity index is 1380. The minimum absolute atomic E-state index is 0.0464. The van der Waals surface area contributed by atoms with Gasteiger partial charge in [-0.1, -0.05) is 48.5 Å². The average molecular weight is 495 g/mol. The SMILES string of the molecule is COc1ccc(-n2c(C)cc(/C=N\NC(=O)C[C@H](NC(=O)c3ccccc3)c3ccccc3)c2C)cc1. The summed E-state index contributed by atoms with van der Waals surface area (Å²) in [5.41, 5.74) is 7.94. The predicted molar refractivity (Wildman–Crippen MR) is 145 cm³/mol. The van der Waals surface area contributed by atoms with Gasteiger partial charge in [-0.25, -0.2) is 5.43 Å². The van der Waals surface area contributed by atoms with E-state index in [1.165, 1.54) is 0 Å². The number of nitrogens with zero attached hydrogens (tertiary/aromatic N) is 2. The van der Waals surface area contributed by atoms with E-state index in [1.807, 2.05) is 80.6 Å². The third kappa shape index (κ3) is 6.32. The van der Waals surface area contributed by atoms with Crippen molar-refractivity contribution in [3.8, 4) is 11.4 Å². The molecular weight excluding hydrogens is 464 g/mol. The van der Waals surface area contributed by atoms with E-state index in [1.54, 1.807) is 37.6 Å². The van der Waals surface area contributed by atoms with Crippen LogP contribution in [0.1, 0.15) is 45.3 Å². The Hall–Kier alpha value is -4.65. The fourth-order valence-electron chi connectivity index (χ4n) is 4.22. The Morgan fingerprint density at radius 1 is 0.946 bits per heavy atom. The maximum absolute atomic E-state index is 12.8. The van der Waals surface area contributed by atoms with E-state index in [9.17, 15) is 9.59 Å². The molecule has 7 nitrogen and oxygen atoms in total. The number of nitrogens with one attached hydrogen (secondary N) is 2. The van der Waals surface area contributed by atoms with Gasteiger partial charge in [-0.05, 0) is 61.9 Å². The van der Waals surface area contributed by atoms with Crippen LogP contribution in [0.5, 0.6) is 5.75 Å². The van der Waals surface area contributed by atoms with Crippen LogP contribution in [0.3, 0.4) is 0 Å². The summed E-state index contributed by atoms with van der Waals surface area (Å²) in [5.74, 6) is 0.253. The van der Waals surface area contributed by atoms with Gasteiger partial charge in [0.15, 0.2) is 0 Å². The van der Waals surface area contributed by atoms with Gasteiger partial charge >= 0.3 is 0 Å². The van der Waals surface area contributed by atoms with Gasteiger partial charge in [-0.3, -0.25) is 9.59 Å². The molecule has 2 N–H and O–H groups in total. The fourth-order valence-corrected chi connectivity index (χ4v) is 4.22. The molecule has 188 valence electrons. The summed E-state index contributed by atoms with van der Waals surface area (Å²) < 4.78 is 7.37. The first-order valence-electron chi connectivity index (χ1n) is 12.0. The van der Waals surface area contributed by atoms with Crippen molar-refractivity contribution >= 4 is 18.0 Å². The molecule has 7 heteroatoms. The topological polar surface area (TPSA) is 84.7 Å². The second-order valence-electron chi connectivity index (χ2n) is 8.66. The molecule has 0 bridgehead atoms. The molecular formula is C30H30N4O3. The van der Waals surface area contributed by atoms with E-state index in [0.29, 0.717) is 5.56 Å². The van der Waals surface area contributed by atoms with E-state index >= 15 is 0 Å². The van der Waals surface area contributed by atoms with Gasteiger partial charge in [0, 0.05) is 28.2 Å². The standard InChI is InChI=1S/C30H30N4O3/c1-21-18-25(22(2)34(21)26-14-16-27(37-3)17-15-26)20-31-33-29(35)19-28(23-10-6-4-7-11-23)32-30(36)24-12-8-5-9-13-24/h4-18,20,28H,19H2,1-3H3,(H,32,36)(H,33,35)/b31-20-/t28-/m0/s1. The molecule has 0 fully saturated rings. The predicted octanol–water partition coefficient (Wildman–Crippen LogP) is 5.11. The Labute approximate surface area is 216 Å². The average Bonchev–Trinajstić information content (AvgIpc) is 3.21. The molecule has 0 unspecified atom stereocenters. The molecule has 0 spiro atoms. The van der Waals surface area contributed by atoms with Crippen molar-refractivity contribution in [2.24, 2.45) is 5.10 Å². The molecule has 0 aliphatic rings. The number of carbonyl (C=O) groups excluding carboxylic acids is 2. The highest BCUT2D eigenvalue weighted by Crippen LogP contribution is 2.22. The van der Waals surface area contributed by atoms with Gasteiger partial charge < -0.3 is 14.6 Å². The second-order valence-corrected chi connectivity index (χ2v) is 8.66. The van der Waals surface area contributed by atoms with Crippen LogP contribution in [-0.2, 0) is 4.79 Å². The van der Waals surface area contributed by atoms with Gasteiger partial charge in [0.1, 0.15) is 5.75 Å². The summed E-state index contributed by atoms with van der Waals surface area (Å²) in [6, 6.07) is 27.7. The Balaban J connectivity index is 1.44. The Morgan fingerprint density at radius 2 is 1.59 bits per heavy atom. The number of aromatic nitrogens is 1. The molecule has 1 heterocycles. The molecule has 0 saturated carbocycles. The zero-order valence-electron chi connectivity index (χ0n) is 21.1. The van der Waals surface area contributed by atoms with Crippen molar-refractivity contribution in [1.82, 2.24) is 15.3 Å². The summed E-state index contributed by atoms with van der Waals surface area (Å²) in [5, 5.41) is 7.16. The monoisotopic (exact) mass is 494 g/mol. The number of methoxy groups -OCH3 is 1. The number of ether oxygens (including phenoxy) is 1. The molecule has 1 atom stereocenters. The van der Waals surface area contributed by atoms with Crippen molar-refractivity contribution < 1.29 is 14.3 Å². The van der Waals surface area contributed by atoms with Crippen LogP contribution in [0, 0.1) is 13.8 Å². The highest BCUT2D eigenvalue weighted by Gasteiger charge is 2.19. The van der Waals surface area contributed by atoms with Crippen molar-refractivity contribution in [3.63, 3.8) is 0 Å². The van der Waals surface area contributed by atoms with E-state index < -0.39 is 6.04 Å². The summed E-state index contributed by atoms with van der Waals surface area (Å²) in [6.45, 7) is 4.03. The first kappa shape index (κ1) is 25.4. The summed E-state index contributed by atoms with van der Waals surface area (Å²) in [6.07, 6.45) is 1.69. The molecule has 1 aromatic heterocycles. The smallest absolute Gasteiger partial charge is 0.251 e. The highest BCUT2D eigenvalue weighted by atomic mass is 16.5. The Morgan fingerprint density at radius 3 is 2.24 bits per heavy atom. The molecule has 3 aromatic carbocycles. The van der Waals surface area contributed by atoms with Gasteiger partial charge in [-0.15, -0.1) is 0 Å². The molecule has 37 heavy (non-hydrogen) atoms. The maximum Gasteiger partial charge on any atom is 0.251 e. The lowest BCUT2D eigenvalue weighted by molar-refractivity contribution is -0.121. The van der Waals surface area contributed by atoms with Crippen LogP contribution >= 0.6 is 0 Å². The first-order valence-corrected chi connectivity index (χ1v) is 12.0. The van der Waals surface area contributed by atoms with E-state index in [-0.39, 0.29) is 18.2 Å². The lowest BCUT2D eigenvalue weighted by atomic mass is 10.0. The number of benzene rings is 3. The van der Waals surface area contributed by atoms with Gasteiger partial charge in [0.2, 0.25) is 5.91 Å². The van der Waals surface area contributed by atoms with Crippen molar-refractivity contribution in [2.45, 2.75) is 26.3 Å². The zero-order valence-corrected chi connectivity index (χ0v) is 21.1. The minimum atomic E-state index is -0.496. The van der Waals surface area contributed by atoms with Crippen molar-refractivity contribution in [3.05, 3.63) is 119 Å². The lowest BCUT2D eigenvalue weighted by Gasteiger charge is -2.18. The number of hydrogen-bond acceptors (Lipinski definition) is 4.